The van der Waals surface area contributed by atoms with Gasteiger partial charge in [-0.1, -0.05) is 27.2 Å². The van der Waals surface area contributed by atoms with Crippen LogP contribution in [0, 0.1) is 11.3 Å². The molecule has 4 nitrogen and oxygen atoms in total. The second kappa shape index (κ2) is 8.40. The normalized spacial score (nSPS) is 22.8. The lowest BCUT2D eigenvalue weighted by atomic mass is 9.69. The number of unbranched alkanes of at least 4 members (excludes halogenated alkanes) is 1. The van der Waals surface area contributed by atoms with Gasteiger partial charge in [-0.3, -0.25) is 9.59 Å². The van der Waals surface area contributed by atoms with Crippen LogP contribution < -0.4 is 5.32 Å². The van der Waals surface area contributed by atoms with E-state index in [1.165, 1.54) is 19.3 Å². The van der Waals surface area contributed by atoms with E-state index in [4.69, 9.17) is 5.11 Å². The molecule has 1 fully saturated rings. The van der Waals surface area contributed by atoms with Crippen molar-refractivity contribution in [3.8, 4) is 0 Å². The van der Waals surface area contributed by atoms with Gasteiger partial charge in [0, 0.05) is 18.9 Å². The third kappa shape index (κ3) is 6.49. The fourth-order valence-corrected chi connectivity index (χ4v) is 3.17. The van der Waals surface area contributed by atoms with Crippen molar-refractivity contribution in [1.29, 1.82) is 0 Å². The molecule has 0 heterocycles. The summed E-state index contributed by atoms with van der Waals surface area (Å²) in [5.74, 6) is 0.0667. The Kier molecular flexibility index (Phi) is 7.20. The highest BCUT2D eigenvalue weighted by Gasteiger charge is 2.32. The smallest absolute Gasteiger partial charge is 0.303 e. The number of hydrogen-bond acceptors (Lipinski definition) is 2. The Hall–Kier alpha value is -1.06. The molecule has 1 rings (SSSR count). The molecule has 0 aliphatic heterocycles. The van der Waals surface area contributed by atoms with Crippen LogP contribution in [0.25, 0.3) is 0 Å². The van der Waals surface area contributed by atoms with Gasteiger partial charge in [0.1, 0.15) is 0 Å². The predicted octanol–water partition coefficient (Wildman–Crippen LogP) is 3.74. The van der Waals surface area contributed by atoms with Crippen LogP contribution in [0.2, 0.25) is 0 Å². The summed E-state index contributed by atoms with van der Waals surface area (Å²) < 4.78 is 0. The van der Waals surface area contributed by atoms with Crippen LogP contribution in [0.3, 0.4) is 0 Å². The molecule has 0 saturated heterocycles. The number of carboxylic acids is 1. The molecule has 2 N–H and O–H groups in total. The second-order valence-electron chi connectivity index (χ2n) is 7.06. The van der Waals surface area contributed by atoms with Gasteiger partial charge in [0.15, 0.2) is 0 Å². The van der Waals surface area contributed by atoms with E-state index in [0.717, 1.165) is 18.8 Å². The molecule has 0 bridgehead atoms. The molecule has 0 atom stereocenters. The van der Waals surface area contributed by atoms with Crippen molar-refractivity contribution >= 4 is 11.9 Å². The van der Waals surface area contributed by atoms with Crippen molar-refractivity contribution < 1.29 is 14.7 Å². The topological polar surface area (TPSA) is 66.4 Å². The minimum Gasteiger partial charge on any atom is -0.481 e. The van der Waals surface area contributed by atoms with Crippen LogP contribution in [0.1, 0.15) is 78.6 Å². The highest BCUT2D eigenvalue weighted by molar-refractivity contribution is 5.76. The molecule has 122 valence electrons. The lowest BCUT2D eigenvalue weighted by molar-refractivity contribution is -0.137. The Labute approximate surface area is 128 Å². The summed E-state index contributed by atoms with van der Waals surface area (Å²) in [6, 6.07) is 0.320. The summed E-state index contributed by atoms with van der Waals surface area (Å²) in [4.78, 5) is 22.2. The second-order valence-corrected chi connectivity index (χ2v) is 7.06. The Balaban J connectivity index is 2.20. The van der Waals surface area contributed by atoms with Crippen molar-refractivity contribution in [1.82, 2.24) is 5.32 Å². The van der Waals surface area contributed by atoms with Gasteiger partial charge in [-0.25, -0.2) is 0 Å². The largest absolute Gasteiger partial charge is 0.481 e. The number of hydrogen-bond donors (Lipinski definition) is 2. The zero-order chi connectivity index (χ0) is 15.9. The Morgan fingerprint density at radius 3 is 2.19 bits per heavy atom. The van der Waals surface area contributed by atoms with Crippen LogP contribution in [0.4, 0.5) is 0 Å². The lowest BCUT2D eigenvalue weighted by Gasteiger charge is -2.39. The van der Waals surface area contributed by atoms with E-state index in [0.29, 0.717) is 30.7 Å². The maximum Gasteiger partial charge on any atom is 0.303 e. The van der Waals surface area contributed by atoms with Crippen LogP contribution >= 0.6 is 0 Å². The number of carbonyl (C=O) groups excluding carboxylic acids is 1. The third-order valence-corrected chi connectivity index (χ3v) is 5.15. The van der Waals surface area contributed by atoms with E-state index >= 15 is 0 Å². The minimum absolute atomic E-state index is 0.0820. The summed E-state index contributed by atoms with van der Waals surface area (Å²) >= 11 is 0. The first-order valence-corrected chi connectivity index (χ1v) is 8.36. The SMILES string of the molecule is CCC(C)(C)C1CCC(NC(=O)CCCCC(=O)O)CC1. The standard InChI is InChI=1S/C17H31NO3/c1-4-17(2,3)13-9-11-14(12-10-13)18-15(19)7-5-6-8-16(20)21/h13-14H,4-12H2,1-3H3,(H,18,19)(H,20,21). The van der Waals surface area contributed by atoms with Gasteiger partial charge in [0.05, 0.1) is 0 Å². The Morgan fingerprint density at radius 1 is 1.10 bits per heavy atom. The van der Waals surface area contributed by atoms with Gasteiger partial charge in [0.2, 0.25) is 5.91 Å². The number of nitrogens with one attached hydrogen (secondary N) is 1. The summed E-state index contributed by atoms with van der Waals surface area (Å²) in [5, 5.41) is 11.7. The van der Waals surface area contributed by atoms with Gasteiger partial charge in [-0.05, 0) is 49.9 Å². The molecule has 0 aromatic carbocycles. The number of carboxylic acid groups (broad SMARTS) is 1. The van der Waals surface area contributed by atoms with E-state index in [2.05, 4.69) is 26.1 Å². The molecule has 0 spiro atoms. The van der Waals surface area contributed by atoms with Crippen molar-refractivity contribution in [2.24, 2.45) is 11.3 Å². The lowest BCUT2D eigenvalue weighted by Crippen LogP contribution is -2.39. The highest BCUT2D eigenvalue weighted by Crippen LogP contribution is 2.40. The fourth-order valence-electron chi connectivity index (χ4n) is 3.17. The highest BCUT2D eigenvalue weighted by atomic mass is 16.4. The first-order valence-electron chi connectivity index (χ1n) is 8.36. The van der Waals surface area contributed by atoms with Gasteiger partial charge >= 0.3 is 5.97 Å². The van der Waals surface area contributed by atoms with Gasteiger partial charge in [0.25, 0.3) is 0 Å². The number of carbonyl (C=O) groups is 2. The minimum atomic E-state index is -0.785. The zero-order valence-corrected chi connectivity index (χ0v) is 13.8. The number of aliphatic carboxylic acids is 1. The fraction of sp³-hybridized carbons (Fsp3) is 0.882. The molecular weight excluding hydrogens is 266 g/mol. The molecule has 4 heteroatoms. The average Bonchev–Trinajstić information content (AvgIpc) is 2.44. The molecule has 0 aromatic rings. The summed E-state index contributed by atoms with van der Waals surface area (Å²) in [7, 11) is 0. The molecule has 1 amide bonds. The van der Waals surface area contributed by atoms with Crippen molar-refractivity contribution in [2.45, 2.75) is 84.6 Å². The molecule has 21 heavy (non-hydrogen) atoms. The van der Waals surface area contributed by atoms with Crippen molar-refractivity contribution in [3.63, 3.8) is 0 Å². The quantitative estimate of drug-likeness (QED) is 0.671. The average molecular weight is 297 g/mol. The summed E-state index contributed by atoms with van der Waals surface area (Å²) in [6.45, 7) is 6.95. The van der Waals surface area contributed by atoms with Crippen LogP contribution in [-0.2, 0) is 9.59 Å². The molecule has 1 saturated carbocycles. The first-order chi connectivity index (χ1) is 9.85. The van der Waals surface area contributed by atoms with E-state index < -0.39 is 5.97 Å². The van der Waals surface area contributed by atoms with Crippen molar-refractivity contribution in [3.05, 3.63) is 0 Å². The summed E-state index contributed by atoms with van der Waals surface area (Å²) in [5.41, 5.74) is 0.409. The van der Waals surface area contributed by atoms with Crippen molar-refractivity contribution in [2.75, 3.05) is 0 Å². The molecule has 0 aromatic heterocycles. The monoisotopic (exact) mass is 297 g/mol. The molecule has 0 radical (unpaired) electrons. The number of amides is 1. The van der Waals surface area contributed by atoms with Gasteiger partial charge < -0.3 is 10.4 Å². The Morgan fingerprint density at radius 2 is 1.67 bits per heavy atom. The molecular formula is C17H31NO3. The van der Waals surface area contributed by atoms with Crippen LogP contribution in [0.5, 0.6) is 0 Å². The molecule has 1 aliphatic rings. The first kappa shape index (κ1) is 18.0. The van der Waals surface area contributed by atoms with E-state index in [-0.39, 0.29) is 12.3 Å². The maximum atomic E-state index is 11.8. The Bertz CT molecular complexity index is 344. The maximum absolute atomic E-state index is 11.8. The van der Waals surface area contributed by atoms with Gasteiger partial charge in [-0.2, -0.15) is 0 Å². The van der Waals surface area contributed by atoms with E-state index in [9.17, 15) is 9.59 Å². The van der Waals surface area contributed by atoms with Crippen LogP contribution in [0.15, 0.2) is 0 Å². The molecule has 0 unspecified atom stereocenters. The van der Waals surface area contributed by atoms with Gasteiger partial charge in [-0.15, -0.1) is 0 Å². The predicted molar refractivity (Wildman–Crippen MR) is 84.1 cm³/mol. The third-order valence-electron chi connectivity index (χ3n) is 5.15. The summed E-state index contributed by atoms with van der Waals surface area (Å²) in [6.07, 6.45) is 7.62. The van der Waals surface area contributed by atoms with E-state index in [1.54, 1.807) is 0 Å². The van der Waals surface area contributed by atoms with Crippen LogP contribution in [-0.4, -0.2) is 23.0 Å². The molecule has 1 aliphatic carbocycles. The zero-order valence-electron chi connectivity index (χ0n) is 13.8. The number of rotatable bonds is 8. The van der Waals surface area contributed by atoms with E-state index in [1.807, 2.05) is 0 Å².